The molecule has 3 rings (SSSR count). The molecular formula is C40H58IN5O7. The molecule has 0 bridgehead atoms. The summed E-state index contributed by atoms with van der Waals surface area (Å²) in [6.07, 6.45) is 1.53. The lowest BCUT2D eigenvalue weighted by atomic mass is 9.90. The molecule has 5 atom stereocenters. The summed E-state index contributed by atoms with van der Waals surface area (Å²) in [5.74, 6) is -2.92. The molecule has 5 N–H and O–H groups in total. The lowest BCUT2D eigenvalue weighted by Gasteiger charge is -2.29. The van der Waals surface area contributed by atoms with Gasteiger partial charge in [-0.1, -0.05) is 111 Å². The van der Waals surface area contributed by atoms with Gasteiger partial charge in [0, 0.05) is 24.1 Å². The number of Topliss-reactive ketones (excluding diaryl/α,β-unsaturated/α-hetero) is 1. The zero-order valence-electron chi connectivity index (χ0n) is 31.7. The first kappa shape index (κ1) is 44.0. The Kier molecular flexibility index (Phi) is 18.3. The van der Waals surface area contributed by atoms with Crippen molar-refractivity contribution in [2.45, 2.75) is 89.9 Å². The van der Waals surface area contributed by atoms with Gasteiger partial charge in [0.25, 0.3) is 0 Å². The molecule has 0 aromatic heterocycles. The van der Waals surface area contributed by atoms with E-state index in [1.54, 1.807) is 24.3 Å². The van der Waals surface area contributed by atoms with E-state index < -0.39 is 53.1 Å². The fourth-order valence-corrected chi connectivity index (χ4v) is 6.57. The summed E-state index contributed by atoms with van der Waals surface area (Å²) in [6, 6.07) is 15.9. The van der Waals surface area contributed by atoms with Crippen molar-refractivity contribution >= 4 is 52.0 Å². The number of alkyl halides is 1. The van der Waals surface area contributed by atoms with Crippen LogP contribution in [0.25, 0.3) is 0 Å². The molecule has 53 heavy (non-hydrogen) atoms. The van der Waals surface area contributed by atoms with Crippen LogP contribution in [-0.4, -0.2) is 107 Å². The van der Waals surface area contributed by atoms with Crippen molar-refractivity contribution in [2.75, 3.05) is 43.8 Å². The number of ketones is 1. The number of aryl methyl sites for hydroxylation is 1. The number of carbonyl (C=O) groups excluding carboxylic acids is 5. The third-order valence-electron chi connectivity index (χ3n) is 9.16. The molecule has 292 valence electrons. The summed E-state index contributed by atoms with van der Waals surface area (Å²) in [4.78, 5) is 70.1. The third-order valence-corrected chi connectivity index (χ3v) is 10.6. The van der Waals surface area contributed by atoms with Crippen LogP contribution in [0.4, 0.5) is 0 Å². The van der Waals surface area contributed by atoms with Crippen LogP contribution in [0.1, 0.15) is 70.9 Å². The van der Waals surface area contributed by atoms with E-state index in [9.17, 15) is 29.1 Å². The lowest BCUT2D eigenvalue weighted by molar-refractivity contribution is -0.139. The molecule has 2 aromatic carbocycles. The van der Waals surface area contributed by atoms with Gasteiger partial charge in [-0.15, -0.1) is 0 Å². The van der Waals surface area contributed by atoms with Crippen molar-refractivity contribution in [3.8, 4) is 0 Å². The second-order valence-electron chi connectivity index (χ2n) is 14.9. The smallest absolute Gasteiger partial charge is 0.243 e. The highest BCUT2D eigenvalue weighted by Crippen LogP contribution is 2.20. The highest BCUT2D eigenvalue weighted by molar-refractivity contribution is 14.1. The summed E-state index contributed by atoms with van der Waals surface area (Å²) in [7, 11) is 0. The summed E-state index contributed by atoms with van der Waals surface area (Å²) in [5.41, 5.74) is 0.0346. The first-order chi connectivity index (χ1) is 25.2. The molecule has 0 saturated carbocycles. The summed E-state index contributed by atoms with van der Waals surface area (Å²) >= 11 is 1.95. The molecule has 0 unspecified atom stereocenters. The Morgan fingerprint density at radius 3 is 1.94 bits per heavy atom. The van der Waals surface area contributed by atoms with Gasteiger partial charge in [0.1, 0.15) is 17.7 Å². The topological polar surface area (TPSA) is 166 Å². The van der Waals surface area contributed by atoms with Gasteiger partial charge < -0.3 is 31.1 Å². The minimum Gasteiger partial charge on any atom is -0.381 e. The monoisotopic (exact) mass is 847 g/mol. The average molecular weight is 848 g/mol. The number of amides is 4. The zero-order valence-corrected chi connectivity index (χ0v) is 33.9. The number of rotatable bonds is 21. The SMILES string of the molecule is CC(C)C[C@H](NC(=O)[C@H](CCc1ccccc1)NC(=O)CN1CCOCC1)C(=O)NC[C@@H](C(=O)N[C@@H](CC(C)C)C(=O)[C@](C)(O)CI)c1ccccc1. The van der Waals surface area contributed by atoms with Gasteiger partial charge in [0.2, 0.25) is 23.6 Å². The van der Waals surface area contributed by atoms with Gasteiger partial charge in [0.15, 0.2) is 5.78 Å². The molecule has 1 saturated heterocycles. The Balaban J connectivity index is 1.78. The number of hydrogen-bond donors (Lipinski definition) is 5. The fourth-order valence-electron chi connectivity index (χ4n) is 6.19. The van der Waals surface area contributed by atoms with Crippen LogP contribution in [0, 0.1) is 11.8 Å². The van der Waals surface area contributed by atoms with Gasteiger partial charge in [-0.05, 0) is 55.6 Å². The first-order valence-corrected chi connectivity index (χ1v) is 20.1. The van der Waals surface area contributed by atoms with E-state index in [1.165, 1.54) is 6.92 Å². The van der Waals surface area contributed by atoms with Gasteiger partial charge in [-0.3, -0.25) is 28.9 Å². The normalized spacial score (nSPS) is 16.8. The molecule has 1 aliphatic rings. The van der Waals surface area contributed by atoms with Crippen LogP contribution in [0.3, 0.4) is 0 Å². The van der Waals surface area contributed by atoms with Crippen LogP contribution in [0.15, 0.2) is 60.7 Å². The zero-order chi connectivity index (χ0) is 39.0. The summed E-state index contributed by atoms with van der Waals surface area (Å²) in [5, 5.41) is 22.3. The molecular weight excluding hydrogens is 789 g/mol. The number of nitrogens with zero attached hydrogens (tertiary/aromatic N) is 1. The lowest BCUT2D eigenvalue weighted by Crippen LogP contribution is -2.56. The van der Waals surface area contributed by atoms with E-state index in [1.807, 2.05) is 91.6 Å². The average Bonchev–Trinajstić information content (AvgIpc) is 3.13. The van der Waals surface area contributed by atoms with Crippen LogP contribution in [0.2, 0.25) is 0 Å². The number of morpholine rings is 1. The largest absolute Gasteiger partial charge is 0.381 e. The third kappa shape index (κ3) is 15.1. The molecule has 1 heterocycles. The molecule has 0 spiro atoms. The number of ether oxygens (including phenoxy) is 1. The number of hydrogen-bond acceptors (Lipinski definition) is 8. The Labute approximate surface area is 328 Å². The van der Waals surface area contributed by atoms with E-state index in [4.69, 9.17) is 4.74 Å². The standard InChI is InChI=1S/C40H58IN5O7/c1-27(2)22-33(36(48)40(5,52)26-41)44-37(49)31(30-14-10-7-11-15-30)24-42-38(50)34(23-28(3)4)45-39(51)32(17-16-29-12-8-6-9-13-29)43-35(47)25-46-18-20-53-21-19-46/h6-15,27-28,31-34,52H,16-26H2,1-5H3,(H,42,50)(H,43,47)(H,44,49)(H,45,51)/t31-,32+,33+,34+,40-/m1/s1. The van der Waals surface area contributed by atoms with Crippen molar-refractivity contribution in [3.63, 3.8) is 0 Å². The predicted octanol–water partition coefficient (Wildman–Crippen LogP) is 3.15. The van der Waals surface area contributed by atoms with Crippen LogP contribution < -0.4 is 21.3 Å². The number of halogens is 1. The van der Waals surface area contributed by atoms with Crippen molar-refractivity contribution in [1.82, 2.24) is 26.2 Å². The number of benzene rings is 2. The molecule has 0 radical (unpaired) electrons. The fraction of sp³-hybridized carbons (Fsp3) is 0.575. The van der Waals surface area contributed by atoms with Gasteiger partial charge in [0.05, 0.1) is 31.7 Å². The number of aliphatic hydroxyl groups is 1. The molecule has 12 nitrogen and oxygen atoms in total. The Morgan fingerprint density at radius 2 is 1.36 bits per heavy atom. The first-order valence-electron chi connectivity index (χ1n) is 18.6. The maximum Gasteiger partial charge on any atom is 0.243 e. The molecule has 1 aliphatic heterocycles. The summed E-state index contributed by atoms with van der Waals surface area (Å²) < 4.78 is 5.56. The van der Waals surface area contributed by atoms with Crippen molar-refractivity contribution in [3.05, 3.63) is 71.8 Å². The number of carbonyl (C=O) groups is 5. The van der Waals surface area contributed by atoms with Crippen molar-refractivity contribution in [1.29, 1.82) is 0 Å². The van der Waals surface area contributed by atoms with Crippen LogP contribution in [-0.2, 0) is 35.1 Å². The molecule has 4 amide bonds. The molecule has 0 aliphatic carbocycles. The van der Waals surface area contributed by atoms with Crippen LogP contribution >= 0.6 is 22.6 Å². The van der Waals surface area contributed by atoms with Gasteiger partial charge >= 0.3 is 0 Å². The Morgan fingerprint density at radius 1 is 0.792 bits per heavy atom. The second-order valence-corrected chi connectivity index (χ2v) is 15.7. The maximum atomic E-state index is 13.9. The second kappa shape index (κ2) is 22.1. The Hall–Kier alpha value is -3.40. The highest BCUT2D eigenvalue weighted by atomic mass is 127. The quantitative estimate of drug-likeness (QED) is 0.0945. The van der Waals surface area contributed by atoms with E-state index in [0.29, 0.717) is 57.6 Å². The molecule has 2 aromatic rings. The van der Waals surface area contributed by atoms with Gasteiger partial charge in [-0.2, -0.15) is 0 Å². The van der Waals surface area contributed by atoms with Gasteiger partial charge in [-0.25, -0.2) is 0 Å². The highest BCUT2D eigenvalue weighted by Gasteiger charge is 2.37. The van der Waals surface area contributed by atoms with Crippen LogP contribution in [0.5, 0.6) is 0 Å². The number of nitrogens with one attached hydrogen (secondary N) is 4. The minimum absolute atomic E-state index is 0.0337. The Bertz CT molecular complexity index is 1470. The minimum atomic E-state index is -1.62. The van der Waals surface area contributed by atoms with Crippen molar-refractivity contribution < 1.29 is 33.8 Å². The van der Waals surface area contributed by atoms with E-state index in [0.717, 1.165) is 5.56 Å². The van der Waals surface area contributed by atoms with E-state index in [2.05, 4.69) is 21.3 Å². The molecule has 1 fully saturated rings. The van der Waals surface area contributed by atoms with E-state index in [-0.39, 0.29) is 35.3 Å². The van der Waals surface area contributed by atoms with Crippen molar-refractivity contribution in [2.24, 2.45) is 11.8 Å². The van der Waals surface area contributed by atoms with E-state index >= 15 is 0 Å². The molecule has 13 heteroatoms. The predicted molar refractivity (Wildman–Crippen MR) is 213 cm³/mol. The maximum absolute atomic E-state index is 13.9. The summed E-state index contributed by atoms with van der Waals surface area (Å²) in [6.45, 7) is 11.6.